The molecule has 1 amide bonds. The topological polar surface area (TPSA) is 72.9 Å². The van der Waals surface area contributed by atoms with Crippen molar-refractivity contribution in [1.82, 2.24) is 9.78 Å². The van der Waals surface area contributed by atoms with E-state index in [0.717, 1.165) is 42.8 Å². The molecule has 22 heavy (non-hydrogen) atoms. The van der Waals surface area contributed by atoms with Crippen molar-refractivity contribution in [2.45, 2.75) is 64.8 Å². The standard InChI is InChI=1S/C16H28N4O.ClH/c1-4-12-13(5-2)19-20(3)15(12)18-16(21)14(17)11-9-7-6-8-10-11;/h11,14H,4-10,17H2,1-3H3,(H,18,21);1H/t14-;/m0./s1. The molecule has 0 radical (unpaired) electrons. The van der Waals surface area contributed by atoms with Crippen LogP contribution in [0.15, 0.2) is 0 Å². The maximum absolute atomic E-state index is 12.5. The third-order valence-corrected chi connectivity index (χ3v) is 4.62. The molecule has 5 nitrogen and oxygen atoms in total. The van der Waals surface area contributed by atoms with E-state index in [0.29, 0.717) is 5.92 Å². The minimum Gasteiger partial charge on any atom is -0.320 e. The van der Waals surface area contributed by atoms with Crippen molar-refractivity contribution in [3.05, 3.63) is 11.3 Å². The Kier molecular flexibility index (Phi) is 7.36. The number of amides is 1. The summed E-state index contributed by atoms with van der Waals surface area (Å²) in [4.78, 5) is 12.5. The second-order valence-electron chi connectivity index (χ2n) is 6.02. The van der Waals surface area contributed by atoms with Crippen LogP contribution in [0.5, 0.6) is 0 Å². The molecule has 1 saturated carbocycles. The lowest BCUT2D eigenvalue weighted by molar-refractivity contribution is -0.118. The molecule has 2 rings (SSSR count). The van der Waals surface area contributed by atoms with E-state index in [1.165, 1.54) is 19.3 Å². The molecule has 0 aromatic carbocycles. The number of carbonyl (C=O) groups is 1. The van der Waals surface area contributed by atoms with Gasteiger partial charge in [0.25, 0.3) is 0 Å². The third kappa shape index (κ3) is 4.02. The predicted octanol–water partition coefficient (Wildman–Crippen LogP) is 2.81. The summed E-state index contributed by atoms with van der Waals surface area (Å²) in [7, 11) is 1.88. The molecule has 1 aromatic rings. The molecule has 1 atom stereocenters. The Morgan fingerprint density at radius 1 is 1.32 bits per heavy atom. The third-order valence-electron chi connectivity index (χ3n) is 4.62. The van der Waals surface area contributed by atoms with Gasteiger partial charge in [-0.05, 0) is 31.6 Å². The van der Waals surface area contributed by atoms with Gasteiger partial charge in [0, 0.05) is 12.6 Å². The Bertz CT molecular complexity index is 495. The van der Waals surface area contributed by atoms with Crippen molar-refractivity contribution >= 4 is 24.1 Å². The first-order valence-corrected chi connectivity index (χ1v) is 8.19. The number of aryl methyl sites for hydroxylation is 2. The minimum atomic E-state index is -0.407. The van der Waals surface area contributed by atoms with E-state index in [2.05, 4.69) is 24.3 Å². The van der Waals surface area contributed by atoms with Crippen molar-refractivity contribution in [3.8, 4) is 0 Å². The van der Waals surface area contributed by atoms with Crippen LogP contribution < -0.4 is 11.1 Å². The monoisotopic (exact) mass is 328 g/mol. The van der Waals surface area contributed by atoms with E-state index in [-0.39, 0.29) is 18.3 Å². The van der Waals surface area contributed by atoms with Crippen molar-refractivity contribution in [3.63, 3.8) is 0 Å². The maximum Gasteiger partial charge on any atom is 0.242 e. The van der Waals surface area contributed by atoms with E-state index in [9.17, 15) is 4.79 Å². The average Bonchev–Trinajstić information content (AvgIpc) is 2.82. The fourth-order valence-electron chi connectivity index (χ4n) is 3.34. The molecule has 1 aliphatic rings. The van der Waals surface area contributed by atoms with Crippen LogP contribution in [-0.2, 0) is 24.7 Å². The fourth-order valence-corrected chi connectivity index (χ4v) is 3.34. The van der Waals surface area contributed by atoms with Crippen LogP contribution >= 0.6 is 12.4 Å². The second kappa shape index (κ2) is 8.53. The summed E-state index contributed by atoms with van der Waals surface area (Å²) in [6.45, 7) is 4.17. The lowest BCUT2D eigenvalue weighted by Crippen LogP contribution is -2.43. The molecule has 3 N–H and O–H groups in total. The summed E-state index contributed by atoms with van der Waals surface area (Å²) in [5.74, 6) is 1.07. The highest BCUT2D eigenvalue weighted by Crippen LogP contribution is 2.27. The Balaban J connectivity index is 0.00000242. The van der Waals surface area contributed by atoms with Crippen LogP contribution in [0.1, 0.15) is 57.2 Å². The number of carbonyl (C=O) groups excluding carboxylic acids is 1. The maximum atomic E-state index is 12.5. The van der Waals surface area contributed by atoms with Gasteiger partial charge in [-0.25, -0.2) is 0 Å². The van der Waals surface area contributed by atoms with Gasteiger partial charge in [-0.1, -0.05) is 33.1 Å². The highest BCUT2D eigenvalue weighted by molar-refractivity contribution is 5.94. The van der Waals surface area contributed by atoms with Gasteiger partial charge in [0.05, 0.1) is 11.7 Å². The summed E-state index contributed by atoms with van der Waals surface area (Å²) in [5.41, 5.74) is 8.36. The largest absolute Gasteiger partial charge is 0.320 e. The summed E-state index contributed by atoms with van der Waals surface area (Å²) in [6.07, 6.45) is 7.54. The highest BCUT2D eigenvalue weighted by Gasteiger charge is 2.27. The van der Waals surface area contributed by atoms with Gasteiger partial charge in [-0.2, -0.15) is 5.10 Å². The number of anilines is 1. The summed E-state index contributed by atoms with van der Waals surface area (Å²) in [6, 6.07) is -0.407. The number of aromatic nitrogens is 2. The number of halogens is 1. The average molecular weight is 329 g/mol. The van der Waals surface area contributed by atoms with Crippen LogP contribution in [-0.4, -0.2) is 21.7 Å². The zero-order valence-electron chi connectivity index (χ0n) is 13.9. The molecule has 1 fully saturated rings. The predicted molar refractivity (Wildman–Crippen MR) is 92.4 cm³/mol. The van der Waals surface area contributed by atoms with Crippen LogP contribution in [0.3, 0.4) is 0 Å². The Labute approximate surface area is 139 Å². The molecule has 6 heteroatoms. The quantitative estimate of drug-likeness (QED) is 0.873. The Morgan fingerprint density at radius 2 is 1.95 bits per heavy atom. The first-order chi connectivity index (χ1) is 10.1. The summed E-state index contributed by atoms with van der Waals surface area (Å²) >= 11 is 0. The first kappa shape index (κ1) is 19.0. The zero-order valence-corrected chi connectivity index (χ0v) is 14.7. The SMILES string of the molecule is CCc1nn(C)c(NC(=O)[C@@H](N)C2CCCCC2)c1CC.Cl. The van der Waals surface area contributed by atoms with Crippen LogP contribution in [0, 0.1) is 5.92 Å². The number of hydrogen-bond acceptors (Lipinski definition) is 3. The second-order valence-corrected chi connectivity index (χ2v) is 6.02. The van der Waals surface area contributed by atoms with Gasteiger partial charge in [0.2, 0.25) is 5.91 Å². The molecule has 0 aliphatic heterocycles. The van der Waals surface area contributed by atoms with E-state index in [1.54, 1.807) is 4.68 Å². The van der Waals surface area contributed by atoms with Gasteiger partial charge in [0.15, 0.2) is 0 Å². The molecule has 1 aromatic heterocycles. The molecule has 0 bridgehead atoms. The molecule has 0 unspecified atom stereocenters. The normalized spacial score (nSPS) is 16.9. The van der Waals surface area contributed by atoms with Crippen LogP contribution in [0.2, 0.25) is 0 Å². The lowest BCUT2D eigenvalue weighted by atomic mass is 9.84. The first-order valence-electron chi connectivity index (χ1n) is 8.19. The fraction of sp³-hybridized carbons (Fsp3) is 0.750. The zero-order chi connectivity index (χ0) is 15.4. The number of nitrogens with one attached hydrogen (secondary N) is 1. The van der Waals surface area contributed by atoms with Gasteiger partial charge >= 0.3 is 0 Å². The van der Waals surface area contributed by atoms with E-state index in [4.69, 9.17) is 5.73 Å². The highest BCUT2D eigenvalue weighted by atomic mass is 35.5. The molecule has 0 saturated heterocycles. The van der Waals surface area contributed by atoms with Crippen molar-refractivity contribution in [2.24, 2.45) is 18.7 Å². The van der Waals surface area contributed by atoms with Crippen LogP contribution in [0.4, 0.5) is 5.82 Å². The Hall–Kier alpha value is -1.07. The molecular formula is C16H29ClN4O. The van der Waals surface area contributed by atoms with E-state index < -0.39 is 6.04 Å². The molecule has 1 heterocycles. The summed E-state index contributed by atoms with van der Waals surface area (Å²) in [5, 5.41) is 7.50. The molecular weight excluding hydrogens is 300 g/mol. The van der Waals surface area contributed by atoms with E-state index in [1.807, 2.05) is 7.05 Å². The smallest absolute Gasteiger partial charge is 0.242 e. The lowest BCUT2D eigenvalue weighted by Gasteiger charge is -2.26. The molecule has 126 valence electrons. The Morgan fingerprint density at radius 3 is 2.50 bits per heavy atom. The van der Waals surface area contributed by atoms with E-state index >= 15 is 0 Å². The number of rotatable bonds is 5. The molecule has 0 spiro atoms. The van der Waals surface area contributed by atoms with Gasteiger partial charge in [-0.3, -0.25) is 9.48 Å². The van der Waals surface area contributed by atoms with Gasteiger partial charge in [0.1, 0.15) is 5.82 Å². The number of nitrogens with two attached hydrogens (primary N) is 1. The minimum absolute atomic E-state index is 0. The van der Waals surface area contributed by atoms with Crippen LogP contribution in [0.25, 0.3) is 0 Å². The number of hydrogen-bond donors (Lipinski definition) is 2. The van der Waals surface area contributed by atoms with Crippen molar-refractivity contribution in [1.29, 1.82) is 0 Å². The van der Waals surface area contributed by atoms with Gasteiger partial charge in [-0.15, -0.1) is 12.4 Å². The number of nitrogens with zero attached hydrogens (tertiary/aromatic N) is 2. The van der Waals surface area contributed by atoms with Crippen molar-refractivity contribution < 1.29 is 4.79 Å². The van der Waals surface area contributed by atoms with Gasteiger partial charge < -0.3 is 11.1 Å². The molecule has 1 aliphatic carbocycles. The van der Waals surface area contributed by atoms with Crippen molar-refractivity contribution in [2.75, 3.05) is 5.32 Å². The summed E-state index contributed by atoms with van der Waals surface area (Å²) < 4.78 is 1.77.